The number of benzene rings is 2. The van der Waals surface area contributed by atoms with Gasteiger partial charge in [0.25, 0.3) is 53.2 Å². The Morgan fingerprint density at radius 3 is 1.18 bits per heavy atom. The molecule has 13 N–H and O–H groups in total. The number of amides is 13. The molecule has 644 valence electrons. The normalized spacial score (nSPS) is 11.2. The number of imidazole rings is 3. The first-order chi connectivity index (χ1) is 57.9. The van der Waals surface area contributed by atoms with Crippen LogP contribution < -0.4 is 73.9 Å². The molecule has 0 radical (unpaired) electrons. The number of hydrogen-bond donors (Lipinski definition) is 13. The van der Waals surface area contributed by atoms with Crippen molar-refractivity contribution in [1.82, 2.24) is 72.3 Å². The first kappa shape index (κ1) is 89.8. The second-order valence-corrected chi connectivity index (χ2v) is 29.0. The molecule has 0 spiro atoms. The number of aryl methyl sites for hydroxylation is 8. The molecule has 2 aromatic carbocycles. The lowest BCUT2D eigenvalue weighted by Gasteiger charge is -2.15. The van der Waals surface area contributed by atoms with Crippen LogP contribution in [0.25, 0.3) is 0 Å². The van der Waals surface area contributed by atoms with Crippen LogP contribution in [0.5, 0.6) is 5.75 Å². The summed E-state index contributed by atoms with van der Waals surface area (Å²) < 4.78 is 57.6. The van der Waals surface area contributed by atoms with Crippen LogP contribution in [0.3, 0.4) is 0 Å². The van der Waals surface area contributed by atoms with Crippen LogP contribution in [0.2, 0.25) is 5.02 Å². The molecule has 0 aliphatic carbocycles. The molecule has 8 heterocycles. The molecule has 43 heteroatoms. The molecule has 0 atom stereocenters. The zero-order chi connectivity index (χ0) is 88.6. The number of nitrogens with one attached hydrogen (secondary N) is 13. The van der Waals surface area contributed by atoms with Gasteiger partial charge in [-0.25, -0.2) is 15.0 Å². The van der Waals surface area contributed by atoms with Crippen molar-refractivity contribution in [2.24, 2.45) is 56.4 Å². The molecule has 10 aromatic rings. The minimum atomic E-state index is -4.77. The third-order valence-corrected chi connectivity index (χ3v) is 18.8. The third-order valence-electron chi connectivity index (χ3n) is 18.5. The highest BCUT2D eigenvalue weighted by Crippen LogP contribution is 2.37. The van der Waals surface area contributed by atoms with Crippen molar-refractivity contribution in [3.05, 3.63) is 178 Å². The number of alkyl halides is 3. The lowest BCUT2D eigenvalue weighted by molar-refractivity contribution is -0.137. The molecular weight excluding hydrogens is 1620 g/mol. The van der Waals surface area contributed by atoms with Crippen LogP contribution in [0.4, 0.5) is 70.4 Å². The van der Waals surface area contributed by atoms with Gasteiger partial charge in [0.2, 0.25) is 41.1 Å². The van der Waals surface area contributed by atoms with Gasteiger partial charge >= 0.3 is 6.18 Å². The topological polar surface area (TPSA) is 469 Å². The average molecular weight is 1710 g/mol. The molecule has 0 saturated heterocycles. The highest BCUT2D eigenvalue weighted by Gasteiger charge is 2.34. The summed E-state index contributed by atoms with van der Waals surface area (Å²) >= 11 is 5.72. The Labute approximate surface area is 700 Å². The molecule has 0 aliphatic heterocycles. The fourth-order valence-electron chi connectivity index (χ4n) is 12.6. The Kier molecular flexibility index (Phi) is 29.3. The minimum absolute atomic E-state index is 0.00403. The molecule has 0 saturated carbocycles. The summed E-state index contributed by atoms with van der Waals surface area (Å²) in [5, 5.41) is 34.4. The first-order valence-corrected chi connectivity index (χ1v) is 38.4. The van der Waals surface area contributed by atoms with Gasteiger partial charge in [0.05, 0.1) is 51.2 Å². The number of anilines is 10. The second kappa shape index (κ2) is 39.8. The highest BCUT2D eigenvalue weighted by atomic mass is 35.5. The summed E-state index contributed by atoms with van der Waals surface area (Å²) in [4.78, 5) is 187. The number of hydrogen-bond acceptors (Lipinski definition) is 18. The average Bonchev–Trinajstić information content (AvgIpc) is 1.59. The summed E-state index contributed by atoms with van der Waals surface area (Å²) in [5.41, 5.74) is 1.50. The number of aromatic nitrogens is 11. The zero-order valence-corrected chi connectivity index (χ0v) is 69.0. The van der Waals surface area contributed by atoms with Crippen LogP contribution >= 0.6 is 11.6 Å². The van der Waals surface area contributed by atoms with E-state index in [1.807, 2.05) is 19.0 Å². The van der Waals surface area contributed by atoms with Gasteiger partial charge in [0.15, 0.2) is 17.5 Å². The van der Waals surface area contributed by atoms with E-state index < -0.39 is 81.7 Å². The number of carbonyl (C=O) groups is 13. The Morgan fingerprint density at radius 1 is 0.369 bits per heavy atom. The Hall–Kier alpha value is -14.6. The predicted molar refractivity (Wildman–Crippen MR) is 445 cm³/mol. The minimum Gasteiger partial charge on any atom is -0.493 e. The monoisotopic (exact) mass is 1710 g/mol. The summed E-state index contributed by atoms with van der Waals surface area (Å²) in [6, 6.07) is 14.6. The molecular formula is C79H91ClF3N25O14. The van der Waals surface area contributed by atoms with Gasteiger partial charge in [-0.3, -0.25) is 62.3 Å². The van der Waals surface area contributed by atoms with Crippen LogP contribution in [-0.2, 0) is 81.7 Å². The maximum atomic E-state index is 13.5. The maximum Gasteiger partial charge on any atom is 0.417 e. The fraction of sp³-hybridized carbons (Fsp3) is 0.316. The number of rotatable bonds is 37. The van der Waals surface area contributed by atoms with E-state index >= 15 is 0 Å². The van der Waals surface area contributed by atoms with Gasteiger partial charge in [-0.1, -0.05) is 11.6 Å². The van der Waals surface area contributed by atoms with E-state index in [2.05, 4.69) is 84.1 Å². The van der Waals surface area contributed by atoms with E-state index in [9.17, 15) is 75.5 Å². The van der Waals surface area contributed by atoms with E-state index in [1.165, 1.54) is 122 Å². The number of unbranched alkanes of at least 4 members (excludes halogenated alkanes) is 1. The number of carbonyl (C=O) groups excluding carboxylic acids is 13. The fourth-order valence-corrected chi connectivity index (χ4v) is 12.8. The summed E-state index contributed by atoms with van der Waals surface area (Å²) in [7, 11) is 16.6. The largest absolute Gasteiger partial charge is 0.493 e. The number of nitrogens with zero attached hydrogens (tertiary/aromatic N) is 12. The molecule has 8 aromatic heterocycles. The summed E-state index contributed by atoms with van der Waals surface area (Å²) in [5.74, 6) is -7.45. The van der Waals surface area contributed by atoms with Crippen molar-refractivity contribution in [1.29, 1.82) is 0 Å². The molecule has 39 nitrogen and oxygen atoms in total. The van der Waals surface area contributed by atoms with Gasteiger partial charge < -0.3 is 115 Å². The first-order valence-electron chi connectivity index (χ1n) is 38.0. The third kappa shape index (κ3) is 23.9. The zero-order valence-electron chi connectivity index (χ0n) is 68.3. The van der Waals surface area contributed by atoms with E-state index in [1.54, 1.807) is 82.2 Å². The quantitative estimate of drug-likeness (QED) is 0.0165. The van der Waals surface area contributed by atoms with Crippen LogP contribution in [0, 0.1) is 0 Å². The SMILES string of the molecule is CCOc1ccc(NC(=O)CCCCC(=O)NCCC(=O)Nc2cc(C(=O)Nc3cn(C)c(C(=O)Nc4cn(C)c(C(=O)Nc5cn(C)c(C(=O)NCCCC(=O)Nc6cc(C(=O)Nc7cc(C(=O)Nc8cc(C(=O)Nc9cc(C(=O)NCCCN(C)C)n(C)c9)n(C)c8)n(C)c7)n(C)c6)n5)n4)n3)n(C)c2)cc1C(=O)Nc1ccc(Cl)c(C(F)(F)F)c1. The highest BCUT2D eigenvalue weighted by molar-refractivity contribution is 6.31. The van der Waals surface area contributed by atoms with Crippen molar-refractivity contribution in [2.75, 3.05) is 100 Å². The van der Waals surface area contributed by atoms with E-state index in [-0.39, 0.29) is 150 Å². The van der Waals surface area contributed by atoms with Crippen LogP contribution in [0.15, 0.2) is 116 Å². The Balaban J connectivity index is 0.601. The molecule has 0 unspecified atom stereocenters. The van der Waals surface area contributed by atoms with Crippen molar-refractivity contribution in [3.63, 3.8) is 0 Å². The smallest absolute Gasteiger partial charge is 0.417 e. The maximum absolute atomic E-state index is 13.5. The van der Waals surface area contributed by atoms with Crippen molar-refractivity contribution >= 4 is 146 Å². The number of ether oxygens (including phenoxy) is 1. The number of halogens is 4. The van der Waals surface area contributed by atoms with Gasteiger partial charge in [0, 0.05) is 163 Å². The van der Waals surface area contributed by atoms with Crippen LogP contribution in [0.1, 0.15) is 159 Å². The molecule has 0 aliphatic rings. The van der Waals surface area contributed by atoms with Gasteiger partial charge in [0.1, 0.15) is 34.2 Å². The molecule has 0 bridgehead atoms. The summed E-state index contributed by atoms with van der Waals surface area (Å²) in [6.07, 6.45) is 8.60. The lowest BCUT2D eigenvalue weighted by Crippen LogP contribution is -2.28. The van der Waals surface area contributed by atoms with Crippen LogP contribution in [-0.4, -0.2) is 180 Å². The molecule has 122 heavy (non-hydrogen) atoms. The predicted octanol–water partition coefficient (Wildman–Crippen LogP) is 7.89. The Morgan fingerprint density at radius 2 is 0.730 bits per heavy atom. The lowest BCUT2D eigenvalue weighted by atomic mass is 10.1. The van der Waals surface area contributed by atoms with Gasteiger partial charge in [-0.2, -0.15) is 13.2 Å². The van der Waals surface area contributed by atoms with E-state index in [0.29, 0.717) is 53.9 Å². The van der Waals surface area contributed by atoms with Crippen molar-refractivity contribution < 1.29 is 80.2 Å². The summed E-state index contributed by atoms with van der Waals surface area (Å²) in [6.45, 7) is 3.17. The van der Waals surface area contributed by atoms with Gasteiger partial charge in [-0.15, -0.1) is 0 Å². The van der Waals surface area contributed by atoms with Crippen molar-refractivity contribution in [3.8, 4) is 5.75 Å². The van der Waals surface area contributed by atoms with E-state index in [0.717, 1.165) is 19.0 Å². The van der Waals surface area contributed by atoms with E-state index in [4.69, 9.17) is 16.3 Å². The van der Waals surface area contributed by atoms with Crippen molar-refractivity contribution in [2.45, 2.75) is 64.5 Å². The molecule has 13 amide bonds. The molecule has 10 rings (SSSR count). The Bertz CT molecular complexity index is 5680. The standard InChI is InChI=1S/C79H91ClF3N25O14/c1-12-122-59-23-21-44(29-51(59)70(113)90-45-20-22-53(80)52(30-45)79(81,82)83)87-64(110)18-14-13-17-63(109)84-27-24-66(112)89-47-32-58(103(6)37-47)75(118)97-60-41-107(10)68(95-60)77(120)99-62-43-108(11)69(96-62)78(121)98-61-42-106(9)67(94-61)76(119)86-25-15-19-65(111)88-46-31-55(102(5)36-46)72(115)92-49-34-57(105(8)39-49)74(117)93-50-35-56(104(7)40-50)73(116)91-48-33-54(101(4)38-48)71(114)85-26-16-28-100(2)3/h20-23,29-43H,12-19,24-28H2,1-11H3,(H,84,109)(H,85,114)(H,86,119)(H,87,110)(H,88,111)(H,89,112)(H,90,113)(H,91,116)(H,92,115)(H,93,117)(H,97,118)(H,98,121)(H,99,120). The molecule has 0 fully saturated rings. The second-order valence-electron chi connectivity index (χ2n) is 28.5. The van der Waals surface area contributed by atoms with Gasteiger partial charge in [-0.05, 0) is 120 Å².